The van der Waals surface area contributed by atoms with Crippen molar-refractivity contribution in [3.05, 3.63) is 0 Å². The molecule has 0 aliphatic carbocycles. The summed E-state index contributed by atoms with van der Waals surface area (Å²) in [5.41, 5.74) is 0.201. The van der Waals surface area contributed by atoms with Crippen molar-refractivity contribution in [1.29, 1.82) is 0 Å². The van der Waals surface area contributed by atoms with E-state index in [1.807, 2.05) is 23.5 Å². The van der Waals surface area contributed by atoms with Crippen LogP contribution in [0, 0.1) is 12.3 Å². The molecule has 2 nitrogen and oxygen atoms in total. The first-order valence-corrected chi connectivity index (χ1v) is 8.62. The number of terminal acetylenes is 1. The minimum Gasteiger partial charge on any atom is -0.374 e. The summed E-state index contributed by atoms with van der Waals surface area (Å²) in [6.45, 7) is 2.00. The van der Waals surface area contributed by atoms with Crippen molar-refractivity contribution >= 4 is 23.5 Å². The van der Waals surface area contributed by atoms with E-state index in [4.69, 9.17) is 11.2 Å². The zero-order chi connectivity index (χ0) is 12.0. The average Bonchev–Trinajstić information content (AvgIpc) is 2.77. The van der Waals surface area contributed by atoms with E-state index < -0.39 is 0 Å². The van der Waals surface area contributed by atoms with Gasteiger partial charge in [0.1, 0.15) is 0 Å². The van der Waals surface area contributed by atoms with Gasteiger partial charge in [0.25, 0.3) is 0 Å². The van der Waals surface area contributed by atoms with Gasteiger partial charge in [-0.15, -0.1) is 18.2 Å². The molecule has 0 aromatic carbocycles. The van der Waals surface area contributed by atoms with Gasteiger partial charge in [-0.05, 0) is 25.0 Å². The molecule has 2 unspecified atom stereocenters. The maximum absolute atomic E-state index is 6.01. The van der Waals surface area contributed by atoms with Crippen LogP contribution in [0.5, 0.6) is 0 Å². The smallest absolute Gasteiger partial charge is 0.0795 e. The summed E-state index contributed by atoms with van der Waals surface area (Å²) in [7, 11) is 0. The van der Waals surface area contributed by atoms with Crippen LogP contribution in [0.25, 0.3) is 0 Å². The van der Waals surface area contributed by atoms with Crippen LogP contribution >= 0.6 is 23.5 Å². The van der Waals surface area contributed by atoms with Crippen LogP contribution in [0.2, 0.25) is 0 Å². The quantitative estimate of drug-likeness (QED) is 0.609. The summed E-state index contributed by atoms with van der Waals surface area (Å²) in [5.74, 6) is 7.06. The maximum Gasteiger partial charge on any atom is 0.0795 e. The zero-order valence-electron chi connectivity index (χ0n) is 10.2. The van der Waals surface area contributed by atoms with Crippen molar-refractivity contribution in [2.75, 3.05) is 36.2 Å². The molecule has 0 amide bonds. The van der Waals surface area contributed by atoms with Gasteiger partial charge in [-0.1, -0.05) is 5.92 Å². The van der Waals surface area contributed by atoms with Crippen LogP contribution in [0.4, 0.5) is 0 Å². The molecule has 1 N–H and O–H groups in total. The first-order chi connectivity index (χ1) is 8.35. The lowest BCUT2D eigenvalue weighted by Gasteiger charge is -2.38. The van der Waals surface area contributed by atoms with Gasteiger partial charge in [0.05, 0.1) is 11.4 Å². The van der Waals surface area contributed by atoms with Gasteiger partial charge in [0.15, 0.2) is 0 Å². The summed E-state index contributed by atoms with van der Waals surface area (Å²) < 4.78 is 6.01. The Morgan fingerprint density at radius 3 is 3.29 bits per heavy atom. The van der Waals surface area contributed by atoms with Crippen LogP contribution in [0.1, 0.15) is 19.3 Å². The summed E-state index contributed by atoms with van der Waals surface area (Å²) in [6.07, 6.45) is 8.81. The van der Waals surface area contributed by atoms with Crippen molar-refractivity contribution in [3.8, 4) is 12.3 Å². The van der Waals surface area contributed by atoms with Crippen LogP contribution in [0.3, 0.4) is 0 Å². The molecule has 2 saturated heterocycles. The fourth-order valence-corrected chi connectivity index (χ4v) is 4.43. The van der Waals surface area contributed by atoms with E-state index >= 15 is 0 Å². The third-order valence-electron chi connectivity index (χ3n) is 3.42. The molecule has 0 saturated carbocycles. The van der Waals surface area contributed by atoms with Crippen molar-refractivity contribution in [3.63, 3.8) is 0 Å². The SMILES string of the molecule is C#CCSCCNC1CCOC2(CCSC2)C1. The Morgan fingerprint density at radius 2 is 2.53 bits per heavy atom. The summed E-state index contributed by atoms with van der Waals surface area (Å²) in [4.78, 5) is 0. The van der Waals surface area contributed by atoms with Crippen molar-refractivity contribution in [2.45, 2.75) is 30.9 Å². The van der Waals surface area contributed by atoms with E-state index in [-0.39, 0.29) is 5.60 Å². The number of ether oxygens (including phenoxy) is 1. The fraction of sp³-hybridized carbons (Fsp3) is 0.846. The Hall–Kier alpha value is 0.180. The molecule has 17 heavy (non-hydrogen) atoms. The van der Waals surface area contributed by atoms with Gasteiger partial charge in [-0.3, -0.25) is 0 Å². The normalized spacial score (nSPS) is 32.8. The topological polar surface area (TPSA) is 21.3 Å². The van der Waals surface area contributed by atoms with Crippen LogP contribution in [-0.4, -0.2) is 47.8 Å². The minimum atomic E-state index is 0.201. The highest BCUT2D eigenvalue weighted by atomic mass is 32.2. The lowest BCUT2D eigenvalue weighted by atomic mass is 9.90. The highest BCUT2D eigenvalue weighted by Gasteiger charge is 2.40. The first-order valence-electron chi connectivity index (χ1n) is 6.31. The standard InChI is InChI=1S/C13H21NOS2/c1-2-7-16-9-5-14-12-3-6-15-13(10-12)4-8-17-11-13/h1,12,14H,3-11H2. The first kappa shape index (κ1) is 13.6. The second kappa shape index (κ2) is 6.94. The van der Waals surface area contributed by atoms with Crippen molar-refractivity contribution in [2.24, 2.45) is 0 Å². The summed E-state index contributed by atoms with van der Waals surface area (Å²) in [6, 6.07) is 0.647. The van der Waals surface area contributed by atoms with Gasteiger partial charge in [0.2, 0.25) is 0 Å². The molecule has 2 aliphatic heterocycles. The summed E-state index contributed by atoms with van der Waals surface area (Å²) >= 11 is 3.87. The second-order valence-corrected chi connectivity index (χ2v) is 6.94. The monoisotopic (exact) mass is 271 g/mol. The van der Waals surface area contributed by atoms with Crippen molar-refractivity contribution in [1.82, 2.24) is 5.32 Å². The Kier molecular flexibility index (Phi) is 5.55. The molecule has 96 valence electrons. The largest absolute Gasteiger partial charge is 0.374 e. The highest BCUT2D eigenvalue weighted by Crippen LogP contribution is 2.38. The predicted molar refractivity (Wildman–Crippen MR) is 77.8 cm³/mol. The Labute approximate surface area is 113 Å². The highest BCUT2D eigenvalue weighted by molar-refractivity contribution is 7.99. The molecular weight excluding hydrogens is 250 g/mol. The number of thioether (sulfide) groups is 2. The van der Waals surface area contributed by atoms with E-state index in [0.717, 1.165) is 31.1 Å². The van der Waals surface area contributed by atoms with Crippen molar-refractivity contribution < 1.29 is 4.74 Å². The van der Waals surface area contributed by atoms with E-state index in [0.29, 0.717) is 6.04 Å². The Bertz CT molecular complexity index is 271. The molecule has 2 rings (SSSR count). The van der Waals surface area contributed by atoms with Gasteiger partial charge in [-0.25, -0.2) is 0 Å². The molecule has 1 spiro atoms. The molecule has 2 aliphatic rings. The molecule has 2 atom stereocenters. The van der Waals surface area contributed by atoms with Crippen LogP contribution in [-0.2, 0) is 4.74 Å². The average molecular weight is 271 g/mol. The van der Waals surface area contributed by atoms with E-state index in [2.05, 4.69) is 11.2 Å². The molecular formula is C13H21NOS2. The van der Waals surface area contributed by atoms with E-state index in [9.17, 15) is 0 Å². The van der Waals surface area contributed by atoms with Gasteiger partial charge < -0.3 is 10.1 Å². The maximum atomic E-state index is 6.01. The fourth-order valence-electron chi connectivity index (χ4n) is 2.53. The van der Waals surface area contributed by atoms with Gasteiger partial charge in [-0.2, -0.15) is 11.8 Å². The lowest BCUT2D eigenvalue weighted by molar-refractivity contribution is -0.0698. The molecule has 2 heterocycles. The second-order valence-electron chi connectivity index (χ2n) is 4.73. The Balaban J connectivity index is 1.65. The third-order valence-corrected chi connectivity index (χ3v) is 5.51. The van der Waals surface area contributed by atoms with Gasteiger partial charge in [0, 0.05) is 30.7 Å². The molecule has 0 bridgehead atoms. The number of nitrogens with one attached hydrogen (secondary N) is 1. The zero-order valence-corrected chi connectivity index (χ0v) is 11.9. The molecule has 4 heteroatoms. The number of hydrogen-bond acceptors (Lipinski definition) is 4. The predicted octanol–water partition coefficient (Wildman–Crippen LogP) is 2.00. The molecule has 2 fully saturated rings. The summed E-state index contributed by atoms with van der Waals surface area (Å²) in [5, 5.41) is 3.65. The number of hydrogen-bond donors (Lipinski definition) is 1. The van der Waals surface area contributed by atoms with E-state index in [1.54, 1.807) is 0 Å². The minimum absolute atomic E-state index is 0.201. The lowest BCUT2D eigenvalue weighted by Crippen LogP contribution is -2.47. The molecule has 0 aromatic heterocycles. The third kappa shape index (κ3) is 4.10. The Morgan fingerprint density at radius 1 is 1.59 bits per heavy atom. The molecule has 0 radical (unpaired) electrons. The van der Waals surface area contributed by atoms with Gasteiger partial charge >= 0.3 is 0 Å². The van der Waals surface area contributed by atoms with Crippen LogP contribution < -0.4 is 5.32 Å². The number of rotatable bonds is 5. The molecule has 0 aromatic rings. The van der Waals surface area contributed by atoms with Crippen LogP contribution in [0.15, 0.2) is 0 Å². The van der Waals surface area contributed by atoms with E-state index in [1.165, 1.54) is 24.3 Å².